The molecule has 1 aliphatic rings. The molecule has 1 aliphatic heterocycles. The van der Waals surface area contributed by atoms with Gasteiger partial charge in [-0.25, -0.2) is 0 Å². The lowest BCUT2D eigenvalue weighted by atomic mass is 9.91. The Balaban J connectivity index is 2.00. The molecule has 0 atom stereocenters. The Hall–Kier alpha value is -0.890. The number of aryl methyl sites for hydroxylation is 1. The van der Waals surface area contributed by atoms with Crippen LogP contribution in [-0.4, -0.2) is 29.0 Å². The molecular formula is C12H18N2. The molecule has 2 heteroatoms. The third-order valence-electron chi connectivity index (χ3n) is 3.01. The molecule has 1 fully saturated rings. The molecule has 0 saturated carbocycles. The van der Waals surface area contributed by atoms with E-state index in [1.807, 2.05) is 12.4 Å². The van der Waals surface area contributed by atoms with Gasteiger partial charge in [-0.1, -0.05) is 6.07 Å². The van der Waals surface area contributed by atoms with Gasteiger partial charge in [-0.2, -0.15) is 0 Å². The largest absolute Gasteiger partial charge is 0.300 e. The molecule has 14 heavy (non-hydrogen) atoms. The number of aromatic nitrogens is 1. The molecule has 0 amide bonds. The third kappa shape index (κ3) is 1.80. The van der Waals surface area contributed by atoms with Crippen LogP contribution >= 0.6 is 0 Å². The highest BCUT2D eigenvalue weighted by molar-refractivity contribution is 5.23. The van der Waals surface area contributed by atoms with Crippen molar-refractivity contribution in [2.75, 3.05) is 13.1 Å². The predicted octanol–water partition coefficient (Wildman–Crippen LogP) is 2.20. The van der Waals surface area contributed by atoms with E-state index in [9.17, 15) is 0 Å². The minimum atomic E-state index is 0.684. The van der Waals surface area contributed by atoms with Gasteiger partial charge in [0.1, 0.15) is 0 Å². The van der Waals surface area contributed by atoms with Crippen molar-refractivity contribution < 1.29 is 0 Å². The van der Waals surface area contributed by atoms with Crippen molar-refractivity contribution in [1.29, 1.82) is 0 Å². The Labute approximate surface area is 86.0 Å². The maximum Gasteiger partial charge on any atom is 0.0303 e. The van der Waals surface area contributed by atoms with Crippen molar-refractivity contribution in [2.24, 2.45) is 0 Å². The second kappa shape index (κ2) is 3.70. The van der Waals surface area contributed by atoms with E-state index in [4.69, 9.17) is 0 Å². The molecule has 1 saturated heterocycles. The lowest BCUT2D eigenvalue weighted by Crippen LogP contribution is -2.48. The number of hydrogen-bond acceptors (Lipinski definition) is 2. The molecule has 1 aromatic rings. The molecule has 1 aromatic heterocycles. The van der Waals surface area contributed by atoms with Gasteiger partial charge in [-0.05, 0) is 31.9 Å². The van der Waals surface area contributed by atoms with Gasteiger partial charge in [0, 0.05) is 37.4 Å². The monoisotopic (exact) mass is 190 g/mol. The lowest BCUT2D eigenvalue weighted by molar-refractivity contribution is 0.110. The van der Waals surface area contributed by atoms with Gasteiger partial charge >= 0.3 is 0 Å². The smallest absolute Gasteiger partial charge is 0.0303 e. The Kier molecular flexibility index (Phi) is 2.55. The van der Waals surface area contributed by atoms with Gasteiger partial charge in [0.15, 0.2) is 0 Å². The second-order valence-corrected chi connectivity index (χ2v) is 4.54. The fourth-order valence-corrected chi connectivity index (χ4v) is 1.95. The number of pyridine rings is 1. The van der Waals surface area contributed by atoms with Gasteiger partial charge in [-0.15, -0.1) is 0 Å². The molecule has 0 radical (unpaired) electrons. The van der Waals surface area contributed by atoms with Crippen LogP contribution in [-0.2, 0) is 0 Å². The topological polar surface area (TPSA) is 16.1 Å². The van der Waals surface area contributed by atoms with Gasteiger partial charge in [0.05, 0.1) is 0 Å². The number of nitrogens with zero attached hydrogens (tertiary/aromatic N) is 2. The van der Waals surface area contributed by atoms with Crippen LogP contribution in [0.5, 0.6) is 0 Å². The summed E-state index contributed by atoms with van der Waals surface area (Å²) in [4.78, 5) is 6.73. The van der Waals surface area contributed by atoms with Crippen LogP contribution in [0.4, 0.5) is 0 Å². The molecule has 2 nitrogen and oxygen atoms in total. The maximum absolute atomic E-state index is 4.24. The van der Waals surface area contributed by atoms with Crippen molar-refractivity contribution in [2.45, 2.75) is 32.7 Å². The molecule has 0 aliphatic carbocycles. The summed E-state index contributed by atoms with van der Waals surface area (Å²) in [5, 5.41) is 0. The molecular weight excluding hydrogens is 172 g/mol. The molecule has 0 unspecified atom stereocenters. The summed E-state index contributed by atoms with van der Waals surface area (Å²) in [7, 11) is 0. The van der Waals surface area contributed by atoms with Crippen molar-refractivity contribution >= 4 is 0 Å². The zero-order valence-corrected chi connectivity index (χ0v) is 9.20. The van der Waals surface area contributed by atoms with E-state index in [-0.39, 0.29) is 0 Å². The average molecular weight is 190 g/mol. The Morgan fingerprint density at radius 1 is 1.36 bits per heavy atom. The maximum atomic E-state index is 4.24. The van der Waals surface area contributed by atoms with Crippen molar-refractivity contribution in [3.63, 3.8) is 0 Å². The average Bonchev–Trinajstić information content (AvgIpc) is 2.00. The second-order valence-electron chi connectivity index (χ2n) is 4.54. The summed E-state index contributed by atoms with van der Waals surface area (Å²) < 4.78 is 0. The number of rotatable bonds is 2. The van der Waals surface area contributed by atoms with Gasteiger partial charge in [0.2, 0.25) is 0 Å². The fraction of sp³-hybridized carbons (Fsp3) is 0.583. The Bertz CT molecular complexity index is 314. The third-order valence-corrected chi connectivity index (χ3v) is 3.01. The van der Waals surface area contributed by atoms with Crippen LogP contribution in [0.1, 0.15) is 30.9 Å². The van der Waals surface area contributed by atoms with Crippen LogP contribution < -0.4 is 0 Å². The highest BCUT2D eigenvalue weighted by atomic mass is 15.2. The lowest BCUT2D eigenvalue weighted by Gasteiger charge is -2.42. The summed E-state index contributed by atoms with van der Waals surface area (Å²) in [6.07, 6.45) is 3.93. The fourth-order valence-electron chi connectivity index (χ4n) is 1.95. The van der Waals surface area contributed by atoms with E-state index in [0.29, 0.717) is 12.0 Å². The highest BCUT2D eigenvalue weighted by Gasteiger charge is 2.29. The minimum absolute atomic E-state index is 0.684. The molecule has 0 bridgehead atoms. The molecule has 0 N–H and O–H groups in total. The van der Waals surface area contributed by atoms with Crippen LogP contribution in [0.15, 0.2) is 18.5 Å². The number of hydrogen-bond donors (Lipinski definition) is 0. The quantitative estimate of drug-likeness (QED) is 0.710. The van der Waals surface area contributed by atoms with Crippen molar-refractivity contribution in [1.82, 2.24) is 9.88 Å². The molecule has 76 valence electrons. The number of likely N-dealkylation sites (tertiary alicyclic amines) is 1. The van der Waals surface area contributed by atoms with E-state index in [2.05, 4.69) is 36.7 Å². The summed E-state index contributed by atoms with van der Waals surface area (Å²) in [6, 6.07) is 2.94. The van der Waals surface area contributed by atoms with E-state index in [0.717, 1.165) is 0 Å². The van der Waals surface area contributed by atoms with Crippen LogP contribution in [0.3, 0.4) is 0 Å². The molecule has 0 aromatic carbocycles. The zero-order valence-electron chi connectivity index (χ0n) is 9.20. The minimum Gasteiger partial charge on any atom is -0.300 e. The summed E-state index contributed by atoms with van der Waals surface area (Å²) in [5.74, 6) is 0.713. The van der Waals surface area contributed by atoms with Gasteiger partial charge in [-0.3, -0.25) is 9.88 Å². The first kappa shape index (κ1) is 9.66. The Morgan fingerprint density at radius 3 is 2.64 bits per heavy atom. The standard InChI is InChI=1S/C12H18N2/c1-9(2)14-7-12(8-14)11-4-10(3)5-13-6-11/h4-6,9,12H,7-8H2,1-3H3. The summed E-state index contributed by atoms with van der Waals surface area (Å²) in [6.45, 7) is 9.01. The summed E-state index contributed by atoms with van der Waals surface area (Å²) in [5.41, 5.74) is 2.67. The molecule has 2 rings (SSSR count). The predicted molar refractivity (Wildman–Crippen MR) is 58.4 cm³/mol. The first-order chi connectivity index (χ1) is 6.66. The van der Waals surface area contributed by atoms with Gasteiger partial charge < -0.3 is 0 Å². The normalized spacial score (nSPS) is 18.6. The highest BCUT2D eigenvalue weighted by Crippen LogP contribution is 2.28. The van der Waals surface area contributed by atoms with Crippen molar-refractivity contribution in [3.8, 4) is 0 Å². The first-order valence-electron chi connectivity index (χ1n) is 5.32. The van der Waals surface area contributed by atoms with E-state index in [1.54, 1.807) is 0 Å². The van der Waals surface area contributed by atoms with Crippen molar-refractivity contribution in [3.05, 3.63) is 29.6 Å². The van der Waals surface area contributed by atoms with Gasteiger partial charge in [0.25, 0.3) is 0 Å². The first-order valence-corrected chi connectivity index (χ1v) is 5.32. The molecule has 0 spiro atoms. The van der Waals surface area contributed by atoms with E-state index in [1.165, 1.54) is 24.2 Å². The van der Waals surface area contributed by atoms with Crippen LogP contribution in [0.2, 0.25) is 0 Å². The Morgan fingerprint density at radius 2 is 2.07 bits per heavy atom. The van der Waals surface area contributed by atoms with Crippen LogP contribution in [0.25, 0.3) is 0 Å². The van der Waals surface area contributed by atoms with E-state index < -0.39 is 0 Å². The zero-order chi connectivity index (χ0) is 10.1. The van der Waals surface area contributed by atoms with E-state index >= 15 is 0 Å². The summed E-state index contributed by atoms with van der Waals surface area (Å²) >= 11 is 0. The van der Waals surface area contributed by atoms with Crippen LogP contribution in [0, 0.1) is 6.92 Å². The molecule has 2 heterocycles. The SMILES string of the molecule is Cc1cncc(C2CN(C(C)C)C2)c1.